The molecule has 0 aromatic heterocycles. The highest BCUT2D eigenvalue weighted by Gasteiger charge is 2.23. The lowest BCUT2D eigenvalue weighted by Crippen LogP contribution is -2.34. The highest BCUT2D eigenvalue weighted by Crippen LogP contribution is 2.26. The first-order valence-corrected chi connectivity index (χ1v) is 11.5. The molecule has 1 saturated heterocycles. The summed E-state index contributed by atoms with van der Waals surface area (Å²) in [6.45, 7) is 6.61. The molecule has 0 amide bonds. The molecule has 1 aliphatic rings. The van der Waals surface area contributed by atoms with Crippen LogP contribution in [0.1, 0.15) is 97.3 Å². The van der Waals surface area contributed by atoms with Crippen molar-refractivity contribution in [2.45, 2.75) is 103 Å². The minimum absolute atomic E-state index is 0.0953. The molecule has 24 heavy (non-hydrogen) atoms. The van der Waals surface area contributed by atoms with Crippen molar-refractivity contribution in [3.8, 4) is 0 Å². The van der Waals surface area contributed by atoms with Gasteiger partial charge in [-0.05, 0) is 32.1 Å². The Labute approximate surface area is 159 Å². The maximum Gasteiger partial charge on any atom is 0.146 e. The van der Waals surface area contributed by atoms with Gasteiger partial charge in [0.05, 0.1) is 5.25 Å². The molecule has 0 aromatic carbocycles. The molecule has 140 valence electrons. The summed E-state index contributed by atoms with van der Waals surface area (Å²) in [6, 6.07) is 0. The van der Waals surface area contributed by atoms with Gasteiger partial charge in [-0.15, -0.1) is 0 Å². The zero-order valence-electron chi connectivity index (χ0n) is 15.9. The summed E-state index contributed by atoms with van der Waals surface area (Å²) in [5, 5.41) is 0.0953. The van der Waals surface area contributed by atoms with Crippen LogP contribution in [0.4, 0.5) is 0 Å². The van der Waals surface area contributed by atoms with E-state index in [4.69, 9.17) is 12.2 Å². The van der Waals surface area contributed by atoms with E-state index >= 15 is 0 Å². The summed E-state index contributed by atoms with van der Waals surface area (Å²) in [7, 11) is 0. The summed E-state index contributed by atoms with van der Waals surface area (Å²) in [4.78, 5) is 15.0. The summed E-state index contributed by atoms with van der Waals surface area (Å²) in [5.41, 5.74) is 0. The van der Waals surface area contributed by atoms with Crippen LogP contribution in [0.5, 0.6) is 0 Å². The van der Waals surface area contributed by atoms with Crippen molar-refractivity contribution >= 4 is 34.1 Å². The number of thioether (sulfide) groups is 1. The number of carbonyl (C=O) groups is 1. The van der Waals surface area contributed by atoms with Gasteiger partial charge in [-0.1, -0.05) is 82.8 Å². The molecule has 0 aliphatic carbocycles. The Kier molecular flexibility index (Phi) is 12.9. The van der Waals surface area contributed by atoms with Crippen molar-refractivity contribution in [3.05, 3.63) is 0 Å². The first-order valence-electron chi connectivity index (χ1n) is 10.2. The van der Waals surface area contributed by atoms with Gasteiger partial charge in [0.2, 0.25) is 0 Å². The number of hydrogen-bond donors (Lipinski definition) is 0. The Morgan fingerprint density at radius 2 is 1.58 bits per heavy atom. The maximum atomic E-state index is 12.7. The van der Waals surface area contributed by atoms with Gasteiger partial charge in [0, 0.05) is 19.5 Å². The second-order valence-corrected chi connectivity index (χ2v) is 8.88. The minimum atomic E-state index is 0.0953. The molecule has 0 bridgehead atoms. The van der Waals surface area contributed by atoms with Crippen LogP contribution in [0.25, 0.3) is 0 Å². The van der Waals surface area contributed by atoms with E-state index in [0.717, 1.165) is 43.1 Å². The van der Waals surface area contributed by atoms with E-state index < -0.39 is 0 Å². The second kappa shape index (κ2) is 14.1. The number of thiocarbonyl (C=S) groups is 1. The zero-order valence-corrected chi connectivity index (χ0v) is 17.5. The van der Waals surface area contributed by atoms with Gasteiger partial charge in [0.15, 0.2) is 0 Å². The third-order valence-corrected chi connectivity index (χ3v) is 6.60. The van der Waals surface area contributed by atoms with Crippen LogP contribution < -0.4 is 0 Å². The molecule has 0 N–H and O–H groups in total. The molecule has 1 atom stereocenters. The average Bonchev–Trinajstić information content (AvgIpc) is 2.61. The normalized spacial score (nSPS) is 16.2. The first-order chi connectivity index (χ1) is 11.7. The largest absolute Gasteiger partial charge is 0.358 e. The van der Waals surface area contributed by atoms with Crippen molar-refractivity contribution in [1.82, 2.24) is 4.90 Å². The van der Waals surface area contributed by atoms with Crippen molar-refractivity contribution in [1.29, 1.82) is 0 Å². The summed E-state index contributed by atoms with van der Waals surface area (Å²) >= 11 is 7.35. The minimum Gasteiger partial charge on any atom is -0.358 e. The molecule has 1 aliphatic heterocycles. The summed E-state index contributed by atoms with van der Waals surface area (Å²) in [6.07, 6.45) is 15.2. The van der Waals surface area contributed by atoms with Gasteiger partial charge < -0.3 is 4.90 Å². The Morgan fingerprint density at radius 3 is 2.21 bits per heavy atom. The van der Waals surface area contributed by atoms with Crippen molar-refractivity contribution < 1.29 is 4.79 Å². The lowest BCUT2D eigenvalue weighted by Gasteiger charge is -2.30. The second-order valence-electron chi connectivity index (χ2n) is 7.05. The van der Waals surface area contributed by atoms with Gasteiger partial charge in [0.1, 0.15) is 10.1 Å². The van der Waals surface area contributed by atoms with Crippen LogP contribution in [0.2, 0.25) is 0 Å². The fourth-order valence-electron chi connectivity index (χ4n) is 3.20. The highest BCUT2D eigenvalue weighted by molar-refractivity contribution is 8.23. The SMILES string of the molecule is CCCCCCC(=O)C(CCCCCC)SC(=S)N1CCCCC1. The number of unbranched alkanes of at least 4 members (excludes halogenated alkanes) is 6. The third-order valence-electron chi connectivity index (χ3n) is 4.81. The van der Waals surface area contributed by atoms with E-state index in [1.54, 1.807) is 11.8 Å². The number of likely N-dealkylation sites (tertiary alicyclic amines) is 1. The number of carbonyl (C=O) groups excluding carboxylic acids is 1. The lowest BCUT2D eigenvalue weighted by atomic mass is 10.0. The maximum absolute atomic E-state index is 12.7. The van der Waals surface area contributed by atoms with E-state index in [9.17, 15) is 4.79 Å². The van der Waals surface area contributed by atoms with Crippen molar-refractivity contribution in [3.63, 3.8) is 0 Å². The van der Waals surface area contributed by atoms with Gasteiger partial charge in [-0.3, -0.25) is 4.79 Å². The van der Waals surface area contributed by atoms with Crippen LogP contribution in [0.3, 0.4) is 0 Å². The molecule has 4 heteroatoms. The number of hydrogen-bond acceptors (Lipinski definition) is 3. The number of nitrogens with zero attached hydrogens (tertiary/aromatic N) is 1. The third kappa shape index (κ3) is 9.41. The van der Waals surface area contributed by atoms with Crippen LogP contribution in [-0.4, -0.2) is 33.3 Å². The lowest BCUT2D eigenvalue weighted by molar-refractivity contribution is -0.118. The van der Waals surface area contributed by atoms with E-state index in [1.807, 2.05) is 0 Å². The Bertz CT molecular complexity index is 354. The Morgan fingerprint density at radius 1 is 0.958 bits per heavy atom. The molecule has 1 rings (SSSR count). The topological polar surface area (TPSA) is 20.3 Å². The summed E-state index contributed by atoms with van der Waals surface area (Å²) < 4.78 is 0.970. The predicted molar refractivity (Wildman–Crippen MR) is 112 cm³/mol. The molecule has 1 unspecified atom stereocenters. The fraction of sp³-hybridized carbons (Fsp3) is 0.900. The van der Waals surface area contributed by atoms with Crippen LogP contribution in [0.15, 0.2) is 0 Å². The first kappa shape index (κ1) is 22.0. The van der Waals surface area contributed by atoms with Gasteiger partial charge >= 0.3 is 0 Å². The molecular weight excluding hydrogens is 334 g/mol. The van der Waals surface area contributed by atoms with Gasteiger partial charge in [-0.25, -0.2) is 0 Å². The monoisotopic (exact) mass is 371 g/mol. The summed E-state index contributed by atoms with van der Waals surface area (Å²) in [5.74, 6) is 0.437. The number of rotatable bonds is 12. The van der Waals surface area contributed by atoms with Crippen molar-refractivity contribution in [2.24, 2.45) is 0 Å². The predicted octanol–water partition coefficient (Wildman–Crippen LogP) is 6.37. The molecule has 0 spiro atoms. The van der Waals surface area contributed by atoms with Gasteiger partial charge in [-0.2, -0.15) is 0 Å². The Hall–Kier alpha value is -0.0900. The molecule has 0 saturated carbocycles. The molecular formula is C20H37NOS2. The zero-order chi connectivity index (χ0) is 17.6. The van der Waals surface area contributed by atoms with Crippen LogP contribution in [0, 0.1) is 0 Å². The molecule has 1 fully saturated rings. The van der Waals surface area contributed by atoms with Crippen LogP contribution >= 0.6 is 24.0 Å². The molecule has 0 aromatic rings. The van der Waals surface area contributed by atoms with E-state index in [2.05, 4.69) is 18.7 Å². The van der Waals surface area contributed by atoms with E-state index in [1.165, 1.54) is 57.8 Å². The quantitative estimate of drug-likeness (QED) is 0.293. The van der Waals surface area contributed by atoms with E-state index in [0.29, 0.717) is 5.78 Å². The smallest absolute Gasteiger partial charge is 0.146 e. The molecule has 2 nitrogen and oxygen atoms in total. The fourth-order valence-corrected chi connectivity index (χ4v) is 4.84. The van der Waals surface area contributed by atoms with Crippen molar-refractivity contribution in [2.75, 3.05) is 13.1 Å². The van der Waals surface area contributed by atoms with E-state index in [-0.39, 0.29) is 5.25 Å². The Balaban J connectivity index is 2.45. The number of ketones is 1. The number of piperidine rings is 1. The van der Waals surface area contributed by atoms with Gasteiger partial charge in [0.25, 0.3) is 0 Å². The molecule has 0 radical (unpaired) electrons. The number of Topliss-reactive ketones (excluding diaryl/α,β-unsaturated/α-hetero) is 1. The molecule has 1 heterocycles. The van der Waals surface area contributed by atoms with Crippen LogP contribution in [-0.2, 0) is 4.79 Å². The highest BCUT2D eigenvalue weighted by atomic mass is 32.2. The average molecular weight is 372 g/mol. The standard InChI is InChI=1S/C20H37NOS2/c1-3-5-7-10-14-18(22)19(15-11-8-6-4-2)24-20(23)21-16-12-9-13-17-21/h19H,3-17H2,1-2H3.